The predicted octanol–water partition coefficient (Wildman–Crippen LogP) is 4.05. The van der Waals surface area contributed by atoms with Gasteiger partial charge in [0.2, 0.25) is 5.91 Å². The van der Waals surface area contributed by atoms with E-state index in [-0.39, 0.29) is 4.90 Å². The summed E-state index contributed by atoms with van der Waals surface area (Å²) in [6, 6.07) is 16.0. The van der Waals surface area contributed by atoms with Crippen molar-refractivity contribution in [1.29, 1.82) is 0 Å². The number of furan rings is 1. The first-order chi connectivity index (χ1) is 13.9. The number of ether oxygens (including phenoxy) is 1. The van der Waals surface area contributed by atoms with E-state index in [0.29, 0.717) is 22.9 Å². The Bertz CT molecular complexity index is 1130. The van der Waals surface area contributed by atoms with Crippen molar-refractivity contribution in [3.8, 4) is 5.75 Å². The highest BCUT2D eigenvalue weighted by Crippen LogP contribution is 2.21. The number of rotatable bonds is 7. The smallest absolute Gasteiger partial charge is 0.261 e. The molecule has 2 aromatic carbocycles. The molecule has 1 aromatic heterocycles. The van der Waals surface area contributed by atoms with E-state index >= 15 is 0 Å². The Balaban J connectivity index is 1.70. The van der Waals surface area contributed by atoms with E-state index in [1.165, 1.54) is 31.4 Å². The van der Waals surface area contributed by atoms with Crippen molar-refractivity contribution >= 4 is 33.4 Å². The maximum atomic E-state index is 12.6. The van der Waals surface area contributed by atoms with Gasteiger partial charge >= 0.3 is 0 Å². The van der Waals surface area contributed by atoms with Gasteiger partial charge in [0.1, 0.15) is 17.3 Å². The average Bonchev–Trinajstić information content (AvgIpc) is 3.12. The van der Waals surface area contributed by atoms with Gasteiger partial charge in [-0.25, -0.2) is 8.42 Å². The second-order valence-electron chi connectivity index (χ2n) is 6.13. The van der Waals surface area contributed by atoms with Gasteiger partial charge in [-0.1, -0.05) is 6.07 Å². The van der Waals surface area contributed by atoms with E-state index in [1.54, 1.807) is 48.5 Å². The Morgan fingerprint density at radius 1 is 1.03 bits per heavy atom. The Kier molecular flexibility index (Phi) is 6.04. The first kappa shape index (κ1) is 20.2. The molecule has 7 nitrogen and oxygen atoms in total. The first-order valence-electron chi connectivity index (χ1n) is 8.68. The molecule has 0 fully saturated rings. The summed E-state index contributed by atoms with van der Waals surface area (Å²) >= 11 is 0. The molecule has 150 valence electrons. The van der Waals surface area contributed by atoms with Crippen LogP contribution in [0.15, 0.2) is 76.1 Å². The summed E-state index contributed by atoms with van der Waals surface area (Å²) in [7, 11) is -2.29. The van der Waals surface area contributed by atoms with Crippen LogP contribution in [0.5, 0.6) is 5.75 Å². The highest BCUT2D eigenvalue weighted by atomic mass is 32.2. The molecule has 0 bridgehead atoms. The molecule has 0 radical (unpaired) electrons. The van der Waals surface area contributed by atoms with Gasteiger partial charge < -0.3 is 14.5 Å². The zero-order chi connectivity index (χ0) is 20.9. The monoisotopic (exact) mass is 412 g/mol. The zero-order valence-electron chi connectivity index (χ0n) is 15.9. The van der Waals surface area contributed by atoms with Gasteiger partial charge in [0.05, 0.1) is 12.0 Å². The van der Waals surface area contributed by atoms with E-state index < -0.39 is 15.9 Å². The number of sulfonamides is 1. The molecule has 0 atom stereocenters. The number of methoxy groups -OCH3 is 1. The molecule has 1 amide bonds. The predicted molar refractivity (Wildman–Crippen MR) is 111 cm³/mol. The normalized spacial score (nSPS) is 11.4. The highest BCUT2D eigenvalue weighted by molar-refractivity contribution is 7.92. The van der Waals surface area contributed by atoms with Gasteiger partial charge in [-0.15, -0.1) is 0 Å². The summed E-state index contributed by atoms with van der Waals surface area (Å²) in [5.41, 5.74) is 0.754. The molecule has 1 heterocycles. The fourth-order valence-corrected chi connectivity index (χ4v) is 3.60. The van der Waals surface area contributed by atoms with Gasteiger partial charge in [0.25, 0.3) is 10.0 Å². The van der Waals surface area contributed by atoms with E-state index in [9.17, 15) is 13.2 Å². The maximum Gasteiger partial charge on any atom is 0.261 e. The Labute approximate surface area is 169 Å². The number of benzene rings is 2. The van der Waals surface area contributed by atoms with Crippen LogP contribution < -0.4 is 14.8 Å². The lowest BCUT2D eigenvalue weighted by atomic mass is 10.3. The molecule has 0 aliphatic heterocycles. The Morgan fingerprint density at radius 2 is 1.79 bits per heavy atom. The lowest BCUT2D eigenvalue weighted by Crippen LogP contribution is -2.14. The molecule has 3 rings (SSSR count). The third-order valence-electron chi connectivity index (χ3n) is 3.91. The summed E-state index contributed by atoms with van der Waals surface area (Å²) in [5, 5.41) is 2.63. The number of nitrogens with one attached hydrogen (secondary N) is 2. The van der Waals surface area contributed by atoms with E-state index in [0.717, 1.165) is 5.76 Å². The summed E-state index contributed by atoms with van der Waals surface area (Å²) in [6.07, 6.45) is 2.85. The fraction of sp³-hybridized carbons (Fsp3) is 0.0952. The number of anilines is 2. The van der Waals surface area contributed by atoms with Crippen molar-refractivity contribution in [2.45, 2.75) is 11.8 Å². The molecule has 29 heavy (non-hydrogen) atoms. The van der Waals surface area contributed by atoms with Gasteiger partial charge in [-0.2, -0.15) is 0 Å². The van der Waals surface area contributed by atoms with Crippen LogP contribution in [0.25, 0.3) is 6.08 Å². The standard InChI is InChI=1S/C21H20N2O5S/c1-15-6-9-19(28-15)12-13-21(24)22-17-4-3-5-20(14-17)29(25,26)23-16-7-10-18(27-2)11-8-16/h3-14,23H,1-2H3,(H,22,24). The largest absolute Gasteiger partial charge is 0.497 e. The fourth-order valence-electron chi connectivity index (χ4n) is 2.50. The van der Waals surface area contributed by atoms with Crippen LogP contribution in [0.1, 0.15) is 11.5 Å². The zero-order valence-corrected chi connectivity index (χ0v) is 16.7. The van der Waals surface area contributed by atoms with Gasteiger partial charge in [0.15, 0.2) is 0 Å². The molecule has 0 spiro atoms. The number of hydrogen-bond donors (Lipinski definition) is 2. The molecule has 0 saturated heterocycles. The molecule has 0 saturated carbocycles. The third kappa shape index (κ3) is 5.49. The summed E-state index contributed by atoms with van der Waals surface area (Å²) in [5.74, 6) is 1.51. The van der Waals surface area contributed by atoms with Crippen molar-refractivity contribution in [3.63, 3.8) is 0 Å². The van der Waals surface area contributed by atoms with Crippen molar-refractivity contribution < 1.29 is 22.4 Å². The van der Waals surface area contributed by atoms with E-state index in [4.69, 9.17) is 9.15 Å². The molecule has 2 N–H and O–H groups in total. The Morgan fingerprint density at radius 3 is 2.45 bits per heavy atom. The molecule has 3 aromatic rings. The second kappa shape index (κ2) is 8.66. The number of amides is 1. The van der Waals surface area contributed by atoms with E-state index in [1.807, 2.05) is 6.92 Å². The number of hydrogen-bond acceptors (Lipinski definition) is 5. The second-order valence-corrected chi connectivity index (χ2v) is 7.82. The van der Waals surface area contributed by atoms with Crippen LogP contribution in [0.2, 0.25) is 0 Å². The first-order valence-corrected chi connectivity index (χ1v) is 10.2. The topological polar surface area (TPSA) is 97.6 Å². The van der Waals surface area contributed by atoms with Crippen LogP contribution in [-0.4, -0.2) is 21.4 Å². The third-order valence-corrected chi connectivity index (χ3v) is 5.29. The molecule has 8 heteroatoms. The SMILES string of the molecule is COc1ccc(NS(=O)(=O)c2cccc(NC(=O)C=Cc3ccc(C)o3)c2)cc1. The minimum Gasteiger partial charge on any atom is -0.497 e. The Hall–Kier alpha value is -3.52. The highest BCUT2D eigenvalue weighted by Gasteiger charge is 2.15. The van der Waals surface area contributed by atoms with Crippen LogP contribution >= 0.6 is 0 Å². The molecular formula is C21H20N2O5S. The van der Waals surface area contributed by atoms with Crippen LogP contribution in [0, 0.1) is 6.92 Å². The van der Waals surface area contributed by atoms with E-state index in [2.05, 4.69) is 10.0 Å². The maximum absolute atomic E-state index is 12.6. The lowest BCUT2D eigenvalue weighted by molar-refractivity contribution is -0.111. The number of carbonyl (C=O) groups excluding carboxylic acids is 1. The van der Waals surface area contributed by atoms with Crippen molar-refractivity contribution in [2.24, 2.45) is 0 Å². The molecule has 0 aliphatic carbocycles. The van der Waals surface area contributed by atoms with Crippen LogP contribution in [0.4, 0.5) is 11.4 Å². The molecular weight excluding hydrogens is 392 g/mol. The minimum absolute atomic E-state index is 0.0248. The summed E-state index contributed by atoms with van der Waals surface area (Å²) < 4.78 is 38.2. The molecule has 0 unspecified atom stereocenters. The van der Waals surface area contributed by atoms with Crippen LogP contribution in [0.3, 0.4) is 0 Å². The quantitative estimate of drug-likeness (QED) is 0.571. The van der Waals surface area contributed by atoms with Crippen molar-refractivity contribution in [2.75, 3.05) is 17.1 Å². The van der Waals surface area contributed by atoms with Gasteiger partial charge in [-0.3, -0.25) is 9.52 Å². The number of carbonyl (C=O) groups is 1. The average molecular weight is 412 g/mol. The lowest BCUT2D eigenvalue weighted by Gasteiger charge is -2.10. The van der Waals surface area contributed by atoms with Crippen molar-refractivity contribution in [3.05, 3.63) is 78.3 Å². The van der Waals surface area contributed by atoms with Crippen molar-refractivity contribution in [1.82, 2.24) is 0 Å². The van der Waals surface area contributed by atoms with Crippen LogP contribution in [-0.2, 0) is 14.8 Å². The molecule has 0 aliphatic rings. The summed E-state index contributed by atoms with van der Waals surface area (Å²) in [6.45, 7) is 1.81. The number of aryl methyl sites for hydroxylation is 1. The van der Waals surface area contributed by atoms with Gasteiger partial charge in [0, 0.05) is 17.5 Å². The van der Waals surface area contributed by atoms with Gasteiger partial charge in [-0.05, 0) is 67.6 Å². The minimum atomic E-state index is -3.82. The summed E-state index contributed by atoms with van der Waals surface area (Å²) in [4.78, 5) is 12.1.